The third-order valence-electron chi connectivity index (χ3n) is 5.83. The molecule has 0 aromatic rings. The molecule has 2 rings (SSSR count). The summed E-state index contributed by atoms with van der Waals surface area (Å²) < 4.78 is 0. The first kappa shape index (κ1) is 16.8. The molecule has 4 atom stereocenters. The van der Waals surface area contributed by atoms with Gasteiger partial charge in [-0.25, -0.2) is 0 Å². The van der Waals surface area contributed by atoms with E-state index in [4.69, 9.17) is 0 Å². The Balaban J connectivity index is 2.08. The standard InChI is InChI=1S/C18H33N3/c1-18(2,3)15-9-8-14(12-19)17(11-15)21-10-6-7-16(13-21)20(4)5/h14-17H,6-11,13H2,1-5H3. The third-order valence-corrected chi connectivity index (χ3v) is 5.83. The zero-order valence-corrected chi connectivity index (χ0v) is 14.6. The van der Waals surface area contributed by atoms with Gasteiger partial charge >= 0.3 is 0 Å². The predicted octanol–water partition coefficient (Wildman–Crippen LogP) is 3.37. The molecular formula is C18H33N3. The van der Waals surface area contributed by atoms with Gasteiger partial charge in [0, 0.05) is 18.6 Å². The van der Waals surface area contributed by atoms with Crippen molar-refractivity contribution in [3.63, 3.8) is 0 Å². The van der Waals surface area contributed by atoms with E-state index in [0.29, 0.717) is 17.5 Å². The van der Waals surface area contributed by atoms with Gasteiger partial charge in [-0.15, -0.1) is 0 Å². The van der Waals surface area contributed by atoms with Crippen LogP contribution in [0.1, 0.15) is 52.9 Å². The van der Waals surface area contributed by atoms with Crippen LogP contribution in [0.2, 0.25) is 0 Å². The quantitative estimate of drug-likeness (QED) is 0.781. The van der Waals surface area contributed by atoms with Crippen molar-refractivity contribution in [3.8, 4) is 6.07 Å². The van der Waals surface area contributed by atoms with Crippen LogP contribution in [-0.4, -0.2) is 49.1 Å². The van der Waals surface area contributed by atoms with Gasteiger partial charge in [0.15, 0.2) is 0 Å². The highest BCUT2D eigenvalue weighted by Gasteiger charge is 2.40. The monoisotopic (exact) mass is 291 g/mol. The molecule has 21 heavy (non-hydrogen) atoms. The first-order valence-electron chi connectivity index (χ1n) is 8.63. The second kappa shape index (κ2) is 6.67. The van der Waals surface area contributed by atoms with Gasteiger partial charge in [-0.1, -0.05) is 20.8 Å². The first-order valence-corrected chi connectivity index (χ1v) is 8.63. The number of piperidine rings is 1. The molecule has 2 aliphatic rings. The summed E-state index contributed by atoms with van der Waals surface area (Å²) >= 11 is 0. The molecule has 0 radical (unpaired) electrons. The highest BCUT2D eigenvalue weighted by atomic mass is 15.2. The summed E-state index contributed by atoms with van der Waals surface area (Å²) in [7, 11) is 4.38. The lowest BCUT2D eigenvalue weighted by Crippen LogP contribution is -2.53. The lowest BCUT2D eigenvalue weighted by molar-refractivity contribution is 0.0268. The lowest BCUT2D eigenvalue weighted by atomic mass is 9.67. The van der Waals surface area contributed by atoms with Crippen molar-refractivity contribution in [1.29, 1.82) is 5.26 Å². The smallest absolute Gasteiger partial charge is 0.0672 e. The van der Waals surface area contributed by atoms with Crippen molar-refractivity contribution < 1.29 is 0 Å². The minimum atomic E-state index is 0.240. The molecule has 0 N–H and O–H groups in total. The van der Waals surface area contributed by atoms with Crippen LogP contribution in [-0.2, 0) is 0 Å². The predicted molar refractivity (Wildman–Crippen MR) is 88.0 cm³/mol. The molecule has 3 nitrogen and oxygen atoms in total. The molecule has 4 unspecified atom stereocenters. The van der Waals surface area contributed by atoms with E-state index in [1.54, 1.807) is 0 Å². The van der Waals surface area contributed by atoms with Crippen molar-refractivity contribution in [1.82, 2.24) is 9.80 Å². The maximum Gasteiger partial charge on any atom is 0.0672 e. The maximum absolute atomic E-state index is 9.57. The lowest BCUT2D eigenvalue weighted by Gasteiger charge is -2.47. The molecule has 3 heteroatoms. The zero-order valence-electron chi connectivity index (χ0n) is 14.6. The summed E-state index contributed by atoms with van der Waals surface area (Å²) in [5, 5.41) is 9.57. The highest BCUT2D eigenvalue weighted by molar-refractivity contribution is 5.00. The number of nitrogens with zero attached hydrogens (tertiary/aromatic N) is 3. The van der Waals surface area contributed by atoms with Crippen LogP contribution in [0.4, 0.5) is 0 Å². The molecule has 120 valence electrons. The van der Waals surface area contributed by atoms with Gasteiger partial charge in [0.25, 0.3) is 0 Å². The van der Waals surface area contributed by atoms with Crippen LogP contribution in [0.15, 0.2) is 0 Å². The molecule has 0 aromatic carbocycles. The maximum atomic E-state index is 9.57. The van der Waals surface area contributed by atoms with Crippen LogP contribution in [0.5, 0.6) is 0 Å². The summed E-state index contributed by atoms with van der Waals surface area (Å²) in [5.74, 6) is 0.997. The van der Waals surface area contributed by atoms with Crippen LogP contribution in [0.3, 0.4) is 0 Å². The van der Waals surface area contributed by atoms with Gasteiger partial charge in [-0.2, -0.15) is 5.26 Å². The van der Waals surface area contributed by atoms with Gasteiger partial charge in [0.1, 0.15) is 0 Å². The van der Waals surface area contributed by atoms with E-state index < -0.39 is 0 Å². The third kappa shape index (κ3) is 3.99. The number of nitriles is 1. The fourth-order valence-electron chi connectivity index (χ4n) is 4.19. The van der Waals surface area contributed by atoms with E-state index in [2.05, 4.69) is 50.7 Å². The zero-order chi connectivity index (χ0) is 15.6. The van der Waals surface area contributed by atoms with Gasteiger partial charge in [-0.3, -0.25) is 4.90 Å². The number of likely N-dealkylation sites (tertiary alicyclic amines) is 1. The normalized spacial score (nSPS) is 35.7. The molecular weight excluding hydrogens is 258 g/mol. The second-order valence-electron chi connectivity index (χ2n) is 8.43. The molecule has 0 aromatic heterocycles. The van der Waals surface area contributed by atoms with Gasteiger partial charge < -0.3 is 4.90 Å². The van der Waals surface area contributed by atoms with Crippen LogP contribution in [0.25, 0.3) is 0 Å². The van der Waals surface area contributed by atoms with E-state index in [1.807, 2.05) is 0 Å². The average molecular weight is 291 g/mol. The Morgan fingerprint density at radius 1 is 1.14 bits per heavy atom. The SMILES string of the molecule is CN(C)C1CCCN(C2CC(C(C)(C)C)CCC2C#N)C1. The van der Waals surface area contributed by atoms with E-state index in [0.717, 1.165) is 18.9 Å². The number of likely N-dealkylation sites (N-methyl/N-ethyl adjacent to an activating group) is 1. The highest BCUT2D eigenvalue weighted by Crippen LogP contribution is 2.42. The second-order valence-corrected chi connectivity index (χ2v) is 8.43. The minimum absolute atomic E-state index is 0.240. The number of hydrogen-bond donors (Lipinski definition) is 0. The molecule has 0 spiro atoms. The Labute approximate surface area is 131 Å². The van der Waals surface area contributed by atoms with E-state index >= 15 is 0 Å². The molecule has 1 aliphatic carbocycles. The Kier molecular flexibility index (Phi) is 5.33. The number of rotatable bonds is 2. The van der Waals surface area contributed by atoms with Gasteiger partial charge in [0.2, 0.25) is 0 Å². The minimum Gasteiger partial charge on any atom is -0.305 e. The molecule has 2 fully saturated rings. The molecule has 1 saturated carbocycles. The van der Waals surface area contributed by atoms with Crippen molar-refractivity contribution in [2.45, 2.75) is 65.0 Å². The van der Waals surface area contributed by atoms with Crippen molar-refractivity contribution in [3.05, 3.63) is 0 Å². The number of hydrogen-bond acceptors (Lipinski definition) is 3. The molecule has 1 saturated heterocycles. The summed E-state index contributed by atoms with van der Waals surface area (Å²) in [5.41, 5.74) is 0.370. The summed E-state index contributed by atoms with van der Waals surface area (Å²) in [6.07, 6.45) is 6.10. The van der Waals surface area contributed by atoms with E-state index in [-0.39, 0.29) is 5.92 Å². The topological polar surface area (TPSA) is 30.3 Å². The van der Waals surface area contributed by atoms with Gasteiger partial charge in [-0.05, 0) is 64.1 Å². The van der Waals surface area contributed by atoms with Crippen LogP contribution >= 0.6 is 0 Å². The Bertz CT molecular complexity index is 377. The fraction of sp³-hybridized carbons (Fsp3) is 0.944. The summed E-state index contributed by atoms with van der Waals surface area (Å²) in [6.45, 7) is 9.41. The van der Waals surface area contributed by atoms with E-state index in [9.17, 15) is 5.26 Å². The van der Waals surface area contributed by atoms with E-state index in [1.165, 1.54) is 32.2 Å². The molecule has 0 bridgehead atoms. The van der Waals surface area contributed by atoms with Crippen molar-refractivity contribution in [2.24, 2.45) is 17.3 Å². The first-order chi connectivity index (χ1) is 9.82. The molecule has 1 aliphatic heterocycles. The summed E-state index contributed by atoms with van der Waals surface area (Å²) in [6, 6.07) is 3.75. The largest absolute Gasteiger partial charge is 0.305 e. The fourth-order valence-corrected chi connectivity index (χ4v) is 4.19. The van der Waals surface area contributed by atoms with Gasteiger partial charge in [0.05, 0.1) is 12.0 Å². The Hall–Kier alpha value is -0.590. The molecule has 1 heterocycles. The van der Waals surface area contributed by atoms with Crippen molar-refractivity contribution in [2.75, 3.05) is 27.2 Å². The summed E-state index contributed by atoms with van der Waals surface area (Å²) in [4.78, 5) is 5.00. The van der Waals surface area contributed by atoms with Crippen LogP contribution < -0.4 is 0 Å². The van der Waals surface area contributed by atoms with Crippen LogP contribution in [0, 0.1) is 28.6 Å². The Morgan fingerprint density at radius 3 is 2.43 bits per heavy atom. The van der Waals surface area contributed by atoms with Crippen molar-refractivity contribution >= 4 is 0 Å². The molecule has 0 amide bonds. The average Bonchev–Trinajstić information content (AvgIpc) is 2.45. The Morgan fingerprint density at radius 2 is 1.86 bits per heavy atom.